The maximum absolute atomic E-state index is 13.2. The molecule has 1 saturated carbocycles. The molecule has 1 aliphatic carbocycles. The first-order chi connectivity index (χ1) is 10.0. The molecule has 0 atom stereocenters. The fraction of sp³-hybridized carbons (Fsp3) is 0.188. The Bertz CT molecular complexity index is 711. The number of ether oxygens (including phenoxy) is 1. The topological polar surface area (TPSA) is 46.5 Å². The molecule has 108 valence electrons. The molecule has 0 unspecified atom stereocenters. The Morgan fingerprint density at radius 3 is 2.62 bits per heavy atom. The van der Waals surface area contributed by atoms with Gasteiger partial charge in [-0.2, -0.15) is 0 Å². The molecule has 2 aromatic carbocycles. The van der Waals surface area contributed by atoms with Crippen LogP contribution in [-0.2, 0) is 0 Å². The zero-order chi connectivity index (χ0) is 15.0. The molecule has 1 fully saturated rings. The van der Waals surface area contributed by atoms with E-state index in [1.54, 1.807) is 18.2 Å². The number of carboxylic acid groups (broad SMARTS) is 1. The molecule has 0 aliphatic heterocycles. The third-order valence-electron chi connectivity index (χ3n) is 3.27. The van der Waals surface area contributed by atoms with Gasteiger partial charge in [0.05, 0.1) is 16.7 Å². The van der Waals surface area contributed by atoms with Crippen LogP contribution in [0.25, 0.3) is 11.1 Å². The Balaban J connectivity index is 2.00. The first kappa shape index (κ1) is 13.9. The summed E-state index contributed by atoms with van der Waals surface area (Å²) < 4.78 is 18.8. The molecule has 0 aromatic heterocycles. The highest BCUT2D eigenvalue weighted by molar-refractivity contribution is 6.32. The number of hydrogen-bond acceptors (Lipinski definition) is 2. The maximum atomic E-state index is 13.2. The van der Waals surface area contributed by atoms with E-state index < -0.39 is 11.8 Å². The van der Waals surface area contributed by atoms with Crippen molar-refractivity contribution in [1.82, 2.24) is 0 Å². The van der Waals surface area contributed by atoms with E-state index in [0.29, 0.717) is 21.9 Å². The highest BCUT2D eigenvalue weighted by Crippen LogP contribution is 2.35. The smallest absolute Gasteiger partial charge is 0.336 e. The van der Waals surface area contributed by atoms with Gasteiger partial charge in [0.2, 0.25) is 0 Å². The van der Waals surface area contributed by atoms with Gasteiger partial charge in [-0.05, 0) is 48.2 Å². The van der Waals surface area contributed by atoms with Crippen molar-refractivity contribution in [3.05, 3.63) is 52.8 Å². The van der Waals surface area contributed by atoms with Crippen LogP contribution in [0.1, 0.15) is 23.2 Å². The summed E-state index contributed by atoms with van der Waals surface area (Å²) in [6, 6.07) is 8.74. The quantitative estimate of drug-likeness (QED) is 0.911. The zero-order valence-corrected chi connectivity index (χ0v) is 11.7. The van der Waals surface area contributed by atoms with Crippen LogP contribution in [0, 0.1) is 5.82 Å². The summed E-state index contributed by atoms with van der Waals surface area (Å²) >= 11 is 6.17. The molecule has 5 heteroatoms. The zero-order valence-electron chi connectivity index (χ0n) is 11.0. The lowest BCUT2D eigenvalue weighted by atomic mass is 9.99. The van der Waals surface area contributed by atoms with Gasteiger partial charge in [-0.1, -0.05) is 23.7 Å². The molecular formula is C16H12ClFO3. The number of hydrogen-bond donors (Lipinski definition) is 1. The second-order valence-electron chi connectivity index (χ2n) is 4.96. The Morgan fingerprint density at radius 2 is 2.00 bits per heavy atom. The number of rotatable bonds is 4. The molecule has 3 rings (SSSR count). The van der Waals surface area contributed by atoms with E-state index in [4.69, 9.17) is 16.3 Å². The van der Waals surface area contributed by atoms with Crippen molar-refractivity contribution in [1.29, 1.82) is 0 Å². The van der Waals surface area contributed by atoms with E-state index in [9.17, 15) is 14.3 Å². The second kappa shape index (κ2) is 5.37. The minimum Gasteiger partial charge on any atom is -0.489 e. The van der Waals surface area contributed by atoms with E-state index in [0.717, 1.165) is 18.9 Å². The van der Waals surface area contributed by atoms with Gasteiger partial charge < -0.3 is 9.84 Å². The van der Waals surface area contributed by atoms with Gasteiger partial charge in [0.1, 0.15) is 11.6 Å². The predicted octanol–water partition coefficient (Wildman–Crippen LogP) is 4.39. The van der Waals surface area contributed by atoms with E-state index in [2.05, 4.69) is 0 Å². The van der Waals surface area contributed by atoms with Crippen LogP contribution >= 0.6 is 11.6 Å². The fourth-order valence-electron chi connectivity index (χ4n) is 2.07. The number of aromatic carboxylic acids is 1. The Morgan fingerprint density at radius 1 is 1.24 bits per heavy atom. The van der Waals surface area contributed by atoms with Crippen molar-refractivity contribution in [3.8, 4) is 16.9 Å². The van der Waals surface area contributed by atoms with Gasteiger partial charge in [-0.3, -0.25) is 0 Å². The van der Waals surface area contributed by atoms with Gasteiger partial charge in [-0.25, -0.2) is 9.18 Å². The molecule has 0 saturated heterocycles. The molecular weight excluding hydrogens is 295 g/mol. The average Bonchev–Trinajstić information content (AvgIpc) is 3.25. The molecule has 2 aromatic rings. The summed E-state index contributed by atoms with van der Waals surface area (Å²) in [7, 11) is 0. The number of carboxylic acids is 1. The summed E-state index contributed by atoms with van der Waals surface area (Å²) in [4.78, 5) is 11.2. The van der Waals surface area contributed by atoms with Crippen LogP contribution in [0.2, 0.25) is 5.02 Å². The Kier molecular flexibility index (Phi) is 3.55. The third kappa shape index (κ3) is 3.00. The van der Waals surface area contributed by atoms with Crippen molar-refractivity contribution in [2.24, 2.45) is 0 Å². The molecule has 0 amide bonds. The minimum atomic E-state index is -1.18. The minimum absolute atomic E-state index is 0.0954. The van der Waals surface area contributed by atoms with Crippen LogP contribution in [0.5, 0.6) is 5.75 Å². The number of carbonyl (C=O) groups is 1. The Labute approximate surface area is 125 Å². The molecule has 0 heterocycles. The molecule has 21 heavy (non-hydrogen) atoms. The fourth-order valence-corrected chi connectivity index (χ4v) is 2.30. The molecule has 3 nitrogen and oxygen atoms in total. The second-order valence-corrected chi connectivity index (χ2v) is 5.36. The third-order valence-corrected chi connectivity index (χ3v) is 3.57. The van der Waals surface area contributed by atoms with E-state index in [1.165, 1.54) is 12.1 Å². The summed E-state index contributed by atoms with van der Waals surface area (Å²) in [6.07, 6.45) is 2.28. The Hall–Kier alpha value is -2.07. The average molecular weight is 307 g/mol. The summed E-state index contributed by atoms with van der Waals surface area (Å²) in [5.74, 6) is -1.18. The SMILES string of the molecule is O=C(O)c1cc(F)ccc1-c1ccc(OC2CC2)c(Cl)c1. The van der Waals surface area contributed by atoms with Crippen LogP contribution in [-0.4, -0.2) is 17.2 Å². The van der Waals surface area contributed by atoms with E-state index in [1.807, 2.05) is 0 Å². The van der Waals surface area contributed by atoms with Gasteiger partial charge in [0.15, 0.2) is 0 Å². The highest BCUT2D eigenvalue weighted by atomic mass is 35.5. The number of benzene rings is 2. The van der Waals surface area contributed by atoms with Crippen LogP contribution < -0.4 is 4.74 Å². The van der Waals surface area contributed by atoms with Crippen LogP contribution in [0.3, 0.4) is 0 Å². The summed E-state index contributed by atoms with van der Waals surface area (Å²) in [6.45, 7) is 0. The van der Waals surface area contributed by atoms with Crippen molar-refractivity contribution in [2.75, 3.05) is 0 Å². The van der Waals surface area contributed by atoms with Gasteiger partial charge >= 0.3 is 5.97 Å². The largest absolute Gasteiger partial charge is 0.489 e. The first-order valence-corrected chi connectivity index (χ1v) is 6.92. The maximum Gasteiger partial charge on any atom is 0.336 e. The molecule has 1 N–H and O–H groups in total. The first-order valence-electron chi connectivity index (χ1n) is 6.54. The monoisotopic (exact) mass is 306 g/mol. The lowest BCUT2D eigenvalue weighted by Gasteiger charge is -2.10. The van der Waals surface area contributed by atoms with Crippen LogP contribution in [0.15, 0.2) is 36.4 Å². The lowest BCUT2D eigenvalue weighted by Crippen LogP contribution is -2.01. The molecule has 1 aliphatic rings. The summed E-state index contributed by atoms with van der Waals surface area (Å²) in [5.41, 5.74) is 0.936. The van der Waals surface area contributed by atoms with Crippen molar-refractivity contribution < 1.29 is 19.0 Å². The van der Waals surface area contributed by atoms with E-state index in [-0.39, 0.29) is 11.7 Å². The van der Waals surface area contributed by atoms with E-state index >= 15 is 0 Å². The molecule has 0 bridgehead atoms. The standard InChI is InChI=1S/C16H12ClFO3/c17-14-7-9(1-6-15(14)21-11-3-4-11)12-5-2-10(18)8-13(12)16(19)20/h1-2,5-8,11H,3-4H2,(H,19,20). The van der Waals surface area contributed by atoms with Crippen molar-refractivity contribution in [2.45, 2.75) is 18.9 Å². The predicted molar refractivity (Wildman–Crippen MR) is 77.5 cm³/mol. The highest BCUT2D eigenvalue weighted by Gasteiger charge is 2.24. The number of halogens is 2. The molecule has 0 radical (unpaired) electrons. The van der Waals surface area contributed by atoms with Gasteiger partial charge in [0.25, 0.3) is 0 Å². The normalized spacial score (nSPS) is 14.0. The summed E-state index contributed by atoms with van der Waals surface area (Å²) in [5, 5.41) is 9.59. The van der Waals surface area contributed by atoms with Crippen molar-refractivity contribution in [3.63, 3.8) is 0 Å². The van der Waals surface area contributed by atoms with Gasteiger partial charge in [0, 0.05) is 0 Å². The lowest BCUT2D eigenvalue weighted by molar-refractivity contribution is 0.0697. The molecule has 0 spiro atoms. The van der Waals surface area contributed by atoms with Crippen LogP contribution in [0.4, 0.5) is 4.39 Å². The van der Waals surface area contributed by atoms with Crippen molar-refractivity contribution >= 4 is 17.6 Å². The van der Waals surface area contributed by atoms with Gasteiger partial charge in [-0.15, -0.1) is 0 Å².